The largest absolute Gasteiger partial charge is 0.469 e. The van der Waals surface area contributed by atoms with E-state index in [1.54, 1.807) is 41.6 Å². The van der Waals surface area contributed by atoms with Crippen LogP contribution in [0.1, 0.15) is 10.4 Å². The Bertz CT molecular complexity index is 979. The molecule has 0 radical (unpaired) electrons. The van der Waals surface area contributed by atoms with Crippen LogP contribution >= 0.6 is 0 Å². The number of hydrazone groups is 1. The van der Waals surface area contributed by atoms with Crippen LogP contribution in [0.25, 0.3) is 0 Å². The number of carbonyl (C=O) groups excluding carboxylic acids is 3. The summed E-state index contributed by atoms with van der Waals surface area (Å²) in [7, 11) is 2.50. The number of hydrogen-bond acceptors (Lipinski definition) is 8. The average Bonchev–Trinajstić information content (AvgIpc) is 3.36. The number of carbonyl (C=O) groups is 3. The Morgan fingerprint density at radius 2 is 1.40 bits per heavy atom. The number of ketones is 1. The van der Waals surface area contributed by atoms with Crippen LogP contribution in [0.5, 0.6) is 0 Å². The first-order chi connectivity index (χ1) is 14.6. The third-order valence-electron chi connectivity index (χ3n) is 5.53. The summed E-state index contributed by atoms with van der Waals surface area (Å²) in [6.45, 7) is 0. The predicted molar refractivity (Wildman–Crippen MR) is 109 cm³/mol. The van der Waals surface area contributed by atoms with E-state index in [1.165, 1.54) is 19.2 Å². The Hall–Kier alpha value is -3.68. The van der Waals surface area contributed by atoms with E-state index in [0.717, 1.165) is 5.69 Å². The molecule has 0 spiro atoms. The van der Waals surface area contributed by atoms with Gasteiger partial charge in [-0.1, -0.05) is 48.5 Å². The maximum absolute atomic E-state index is 13.4. The number of anilines is 1. The second kappa shape index (κ2) is 7.98. The molecule has 4 atom stereocenters. The summed E-state index contributed by atoms with van der Waals surface area (Å²) in [5, 5.41) is 5.93. The number of nitrogens with zero attached hydrogens (tertiary/aromatic N) is 3. The van der Waals surface area contributed by atoms with E-state index >= 15 is 0 Å². The van der Waals surface area contributed by atoms with Crippen molar-refractivity contribution in [2.24, 2.45) is 16.9 Å². The molecule has 0 unspecified atom stereocenters. The molecule has 1 fully saturated rings. The number of Topliss-reactive ketones (excluding diaryl/α,β-unsaturated/α-hetero) is 1. The zero-order chi connectivity index (χ0) is 21.3. The molecule has 8 heteroatoms. The van der Waals surface area contributed by atoms with E-state index in [1.807, 2.05) is 30.3 Å². The molecule has 0 N–H and O–H groups in total. The van der Waals surface area contributed by atoms with Gasteiger partial charge in [-0.15, -0.1) is 0 Å². The van der Waals surface area contributed by atoms with Crippen LogP contribution in [0.15, 0.2) is 65.8 Å². The molecule has 2 aromatic carbocycles. The minimum absolute atomic E-state index is 0.311. The Kier molecular flexibility index (Phi) is 5.22. The molecule has 30 heavy (non-hydrogen) atoms. The molecule has 0 bridgehead atoms. The lowest BCUT2D eigenvalue weighted by atomic mass is 9.85. The Balaban J connectivity index is 1.82. The van der Waals surface area contributed by atoms with Gasteiger partial charge in [0.05, 0.1) is 14.2 Å². The second-order valence-electron chi connectivity index (χ2n) is 7.04. The van der Waals surface area contributed by atoms with E-state index in [-0.39, 0.29) is 5.78 Å². The number of fused-ring (bicyclic) bond motifs is 1. The Labute approximate surface area is 173 Å². The first-order valence-corrected chi connectivity index (χ1v) is 9.49. The molecule has 2 aliphatic heterocycles. The lowest BCUT2D eigenvalue weighted by molar-refractivity contribution is -0.156. The van der Waals surface area contributed by atoms with Crippen LogP contribution in [0.3, 0.4) is 0 Å². The van der Waals surface area contributed by atoms with Crippen LogP contribution in [0.2, 0.25) is 0 Å². The summed E-state index contributed by atoms with van der Waals surface area (Å²) in [5.74, 6) is -3.60. The van der Waals surface area contributed by atoms with Crippen LogP contribution in [-0.4, -0.2) is 55.5 Å². The molecule has 2 aliphatic rings. The highest BCUT2D eigenvalue weighted by atomic mass is 16.5. The van der Waals surface area contributed by atoms with E-state index in [2.05, 4.69) is 5.10 Å². The normalized spacial score (nSPS) is 24.5. The first kappa shape index (κ1) is 19.6. The van der Waals surface area contributed by atoms with E-state index < -0.39 is 36.0 Å². The second-order valence-corrected chi connectivity index (χ2v) is 7.04. The Morgan fingerprint density at radius 1 is 0.833 bits per heavy atom. The highest BCUT2D eigenvalue weighted by Crippen LogP contribution is 2.43. The molecular weight excluding hydrogens is 386 g/mol. The molecule has 1 saturated heterocycles. The maximum Gasteiger partial charge on any atom is 0.313 e. The van der Waals surface area contributed by atoms with Gasteiger partial charge in [0, 0.05) is 11.3 Å². The molecule has 0 saturated carbocycles. The number of benzene rings is 2. The SMILES string of the molecule is COC(=O)[C@@H]1[C@@H](C(=O)OC)[C@@H]2N(c3ccccc3)C=NN2[C@@H]1C(=O)c1ccccc1. The monoisotopic (exact) mass is 407 g/mol. The summed E-state index contributed by atoms with van der Waals surface area (Å²) in [6.07, 6.45) is 0.871. The minimum Gasteiger partial charge on any atom is -0.469 e. The van der Waals surface area contributed by atoms with Crippen molar-refractivity contribution in [2.75, 3.05) is 19.1 Å². The van der Waals surface area contributed by atoms with Gasteiger partial charge in [-0.3, -0.25) is 19.4 Å². The summed E-state index contributed by atoms with van der Waals surface area (Å²) in [6, 6.07) is 17.0. The van der Waals surface area contributed by atoms with Crippen molar-refractivity contribution in [2.45, 2.75) is 12.2 Å². The fraction of sp³-hybridized carbons (Fsp3) is 0.273. The van der Waals surface area contributed by atoms with Crippen molar-refractivity contribution in [3.63, 3.8) is 0 Å². The van der Waals surface area contributed by atoms with Crippen molar-refractivity contribution in [1.29, 1.82) is 0 Å². The van der Waals surface area contributed by atoms with E-state index in [4.69, 9.17) is 9.47 Å². The summed E-state index contributed by atoms with van der Waals surface area (Å²) in [4.78, 5) is 40.8. The number of rotatable bonds is 5. The van der Waals surface area contributed by atoms with Crippen molar-refractivity contribution in [1.82, 2.24) is 5.01 Å². The highest BCUT2D eigenvalue weighted by Gasteiger charge is 2.62. The fourth-order valence-electron chi connectivity index (χ4n) is 4.19. The molecule has 0 aromatic heterocycles. The number of esters is 2. The lowest BCUT2D eigenvalue weighted by Crippen LogP contribution is -2.45. The quantitative estimate of drug-likeness (QED) is 0.553. The molecule has 0 amide bonds. The van der Waals surface area contributed by atoms with Crippen LogP contribution in [-0.2, 0) is 19.1 Å². The van der Waals surface area contributed by atoms with Gasteiger partial charge >= 0.3 is 11.9 Å². The van der Waals surface area contributed by atoms with Gasteiger partial charge in [0.2, 0.25) is 0 Å². The van der Waals surface area contributed by atoms with Gasteiger partial charge < -0.3 is 14.4 Å². The summed E-state index contributed by atoms with van der Waals surface area (Å²) in [5.41, 5.74) is 1.20. The van der Waals surface area contributed by atoms with Crippen molar-refractivity contribution in [3.05, 3.63) is 66.2 Å². The zero-order valence-electron chi connectivity index (χ0n) is 16.5. The third-order valence-corrected chi connectivity index (χ3v) is 5.53. The van der Waals surface area contributed by atoms with Crippen molar-refractivity contribution >= 4 is 29.7 Å². The summed E-state index contributed by atoms with van der Waals surface area (Å²) >= 11 is 0. The molecule has 154 valence electrons. The first-order valence-electron chi connectivity index (χ1n) is 9.49. The minimum atomic E-state index is -1.07. The fourth-order valence-corrected chi connectivity index (χ4v) is 4.19. The van der Waals surface area contributed by atoms with Crippen molar-refractivity contribution in [3.8, 4) is 0 Å². The van der Waals surface area contributed by atoms with E-state index in [9.17, 15) is 14.4 Å². The van der Waals surface area contributed by atoms with Crippen molar-refractivity contribution < 1.29 is 23.9 Å². The van der Waals surface area contributed by atoms with Gasteiger partial charge in [0.25, 0.3) is 0 Å². The maximum atomic E-state index is 13.4. The molecule has 2 heterocycles. The molecule has 4 rings (SSSR count). The van der Waals surface area contributed by atoms with Crippen LogP contribution in [0, 0.1) is 11.8 Å². The van der Waals surface area contributed by atoms with Gasteiger partial charge in [-0.2, -0.15) is 5.10 Å². The standard InChI is InChI=1S/C22H21N3O5/c1-29-21(27)16-17(22(28)30-2)20-24(15-11-7-4-8-12-15)13-23-25(20)18(16)19(26)14-9-5-3-6-10-14/h3-13,16-18,20H,1-2H3/t16-,17-,18+,20-/m1/s1. The summed E-state index contributed by atoms with van der Waals surface area (Å²) < 4.78 is 10.0. The van der Waals surface area contributed by atoms with Crippen LogP contribution < -0.4 is 4.90 Å². The smallest absolute Gasteiger partial charge is 0.313 e. The third kappa shape index (κ3) is 3.10. The van der Waals surface area contributed by atoms with Gasteiger partial charge in [0.15, 0.2) is 5.78 Å². The zero-order valence-corrected chi connectivity index (χ0v) is 16.5. The van der Waals surface area contributed by atoms with Gasteiger partial charge in [-0.05, 0) is 12.1 Å². The molecule has 8 nitrogen and oxygen atoms in total. The van der Waals surface area contributed by atoms with Gasteiger partial charge in [0.1, 0.15) is 30.4 Å². The number of para-hydroxylation sites is 1. The van der Waals surface area contributed by atoms with Crippen LogP contribution in [0.4, 0.5) is 5.69 Å². The molecule has 2 aromatic rings. The lowest BCUT2D eigenvalue weighted by Gasteiger charge is -2.29. The molecular formula is C22H21N3O5. The van der Waals surface area contributed by atoms with E-state index in [0.29, 0.717) is 5.56 Å². The molecule has 0 aliphatic carbocycles. The number of methoxy groups -OCH3 is 2. The highest BCUT2D eigenvalue weighted by molar-refractivity contribution is 6.04. The number of hydrogen-bond donors (Lipinski definition) is 0. The van der Waals surface area contributed by atoms with Gasteiger partial charge in [-0.25, -0.2) is 0 Å². The Morgan fingerprint density at radius 3 is 2.00 bits per heavy atom. The topological polar surface area (TPSA) is 88.5 Å². The number of ether oxygens (including phenoxy) is 2. The average molecular weight is 407 g/mol. The predicted octanol–water partition coefficient (Wildman–Crippen LogP) is 1.92.